The standard InChI is InChI=1S/C15H26N2/c1-13(2)12-17(11-7-10-16)14(3)15-8-5-4-6-9-15/h4-6,8-9,13-14H,7,10-12,16H2,1-3H3. The van der Waals surface area contributed by atoms with Crippen molar-refractivity contribution in [3.63, 3.8) is 0 Å². The van der Waals surface area contributed by atoms with Crippen molar-refractivity contribution in [2.24, 2.45) is 11.7 Å². The predicted molar refractivity (Wildman–Crippen MR) is 74.9 cm³/mol. The van der Waals surface area contributed by atoms with Crippen LogP contribution < -0.4 is 5.73 Å². The van der Waals surface area contributed by atoms with E-state index in [4.69, 9.17) is 5.73 Å². The Hall–Kier alpha value is -0.860. The van der Waals surface area contributed by atoms with Crippen molar-refractivity contribution in [2.75, 3.05) is 19.6 Å². The monoisotopic (exact) mass is 234 g/mol. The molecule has 0 aliphatic carbocycles. The van der Waals surface area contributed by atoms with Crippen LogP contribution in [0.15, 0.2) is 30.3 Å². The molecule has 0 heterocycles. The van der Waals surface area contributed by atoms with Crippen molar-refractivity contribution in [3.8, 4) is 0 Å². The first-order chi connectivity index (χ1) is 8.15. The first-order valence-corrected chi connectivity index (χ1v) is 6.64. The van der Waals surface area contributed by atoms with Gasteiger partial charge in [-0.3, -0.25) is 4.90 Å². The third-order valence-corrected chi connectivity index (χ3v) is 3.08. The van der Waals surface area contributed by atoms with Crippen molar-refractivity contribution < 1.29 is 0 Å². The molecule has 0 aliphatic rings. The van der Waals surface area contributed by atoms with E-state index in [1.54, 1.807) is 0 Å². The molecule has 17 heavy (non-hydrogen) atoms. The van der Waals surface area contributed by atoms with Gasteiger partial charge >= 0.3 is 0 Å². The van der Waals surface area contributed by atoms with E-state index in [2.05, 4.69) is 56.0 Å². The van der Waals surface area contributed by atoms with Gasteiger partial charge in [-0.1, -0.05) is 44.2 Å². The van der Waals surface area contributed by atoms with Crippen LogP contribution in [0, 0.1) is 5.92 Å². The second kappa shape index (κ2) is 7.46. The fourth-order valence-corrected chi connectivity index (χ4v) is 2.15. The molecular weight excluding hydrogens is 208 g/mol. The minimum Gasteiger partial charge on any atom is -0.330 e. The molecule has 0 radical (unpaired) electrons. The SMILES string of the molecule is CC(C)CN(CCCN)C(C)c1ccccc1. The number of hydrogen-bond donors (Lipinski definition) is 1. The van der Waals surface area contributed by atoms with Gasteiger partial charge in [0.05, 0.1) is 0 Å². The van der Waals surface area contributed by atoms with Crippen LogP contribution in [0.25, 0.3) is 0 Å². The summed E-state index contributed by atoms with van der Waals surface area (Å²) < 4.78 is 0. The first kappa shape index (κ1) is 14.2. The lowest BCUT2D eigenvalue weighted by Gasteiger charge is -2.31. The Balaban J connectivity index is 2.68. The summed E-state index contributed by atoms with van der Waals surface area (Å²) >= 11 is 0. The molecule has 1 aromatic carbocycles. The Labute approximate surface area is 106 Å². The van der Waals surface area contributed by atoms with Crippen molar-refractivity contribution in [3.05, 3.63) is 35.9 Å². The number of benzene rings is 1. The fraction of sp³-hybridized carbons (Fsp3) is 0.600. The second-order valence-corrected chi connectivity index (χ2v) is 5.12. The molecule has 0 amide bonds. The summed E-state index contributed by atoms with van der Waals surface area (Å²) in [5, 5.41) is 0. The number of hydrogen-bond acceptors (Lipinski definition) is 2. The molecule has 2 nitrogen and oxygen atoms in total. The summed E-state index contributed by atoms with van der Waals surface area (Å²) in [7, 11) is 0. The molecule has 0 fully saturated rings. The maximum atomic E-state index is 5.62. The van der Waals surface area contributed by atoms with Crippen molar-refractivity contribution in [1.82, 2.24) is 4.90 Å². The predicted octanol–water partition coefficient (Wildman–Crippen LogP) is 3.05. The normalized spacial score (nSPS) is 13.3. The smallest absolute Gasteiger partial charge is 0.0319 e. The topological polar surface area (TPSA) is 29.3 Å². The van der Waals surface area contributed by atoms with Gasteiger partial charge in [-0.25, -0.2) is 0 Å². The summed E-state index contributed by atoms with van der Waals surface area (Å²) in [6.07, 6.45) is 1.07. The molecule has 0 saturated carbocycles. The summed E-state index contributed by atoms with van der Waals surface area (Å²) in [5.74, 6) is 0.693. The van der Waals surface area contributed by atoms with Gasteiger partial charge in [0.25, 0.3) is 0 Å². The van der Waals surface area contributed by atoms with Gasteiger partial charge in [0.2, 0.25) is 0 Å². The largest absolute Gasteiger partial charge is 0.330 e. The van der Waals surface area contributed by atoms with Crippen molar-refractivity contribution in [2.45, 2.75) is 33.2 Å². The Morgan fingerprint density at radius 2 is 1.76 bits per heavy atom. The molecule has 0 spiro atoms. The molecule has 2 N–H and O–H groups in total. The van der Waals surface area contributed by atoms with Gasteiger partial charge in [-0.2, -0.15) is 0 Å². The lowest BCUT2D eigenvalue weighted by Crippen LogP contribution is -2.32. The molecule has 0 bridgehead atoms. The maximum absolute atomic E-state index is 5.62. The summed E-state index contributed by atoms with van der Waals surface area (Å²) in [4.78, 5) is 2.53. The number of rotatable bonds is 7. The molecule has 0 aliphatic heterocycles. The van der Waals surface area contributed by atoms with Crippen LogP contribution in [0.5, 0.6) is 0 Å². The number of nitrogens with two attached hydrogens (primary N) is 1. The van der Waals surface area contributed by atoms with Crippen LogP contribution in [0.3, 0.4) is 0 Å². The van der Waals surface area contributed by atoms with Crippen LogP contribution in [-0.2, 0) is 0 Å². The molecule has 1 atom stereocenters. The van der Waals surface area contributed by atoms with Gasteiger partial charge < -0.3 is 5.73 Å². The lowest BCUT2D eigenvalue weighted by atomic mass is 10.0. The zero-order valence-electron chi connectivity index (χ0n) is 11.4. The van der Waals surface area contributed by atoms with E-state index >= 15 is 0 Å². The number of nitrogens with zero attached hydrogens (tertiary/aromatic N) is 1. The van der Waals surface area contributed by atoms with Crippen LogP contribution in [0.1, 0.15) is 38.8 Å². The second-order valence-electron chi connectivity index (χ2n) is 5.12. The highest BCUT2D eigenvalue weighted by Crippen LogP contribution is 2.21. The van der Waals surface area contributed by atoms with E-state index in [0.29, 0.717) is 12.0 Å². The quantitative estimate of drug-likeness (QED) is 0.785. The maximum Gasteiger partial charge on any atom is 0.0319 e. The molecule has 1 unspecified atom stereocenters. The van der Waals surface area contributed by atoms with E-state index in [1.165, 1.54) is 5.56 Å². The third kappa shape index (κ3) is 4.88. The van der Waals surface area contributed by atoms with Crippen LogP contribution in [-0.4, -0.2) is 24.5 Å². The van der Waals surface area contributed by atoms with Crippen molar-refractivity contribution in [1.29, 1.82) is 0 Å². The molecule has 2 heteroatoms. The minimum atomic E-state index is 0.477. The van der Waals surface area contributed by atoms with Gasteiger partial charge in [-0.05, 0) is 37.9 Å². The van der Waals surface area contributed by atoms with E-state index in [9.17, 15) is 0 Å². The summed E-state index contributed by atoms with van der Waals surface area (Å²) in [5.41, 5.74) is 7.01. The average Bonchev–Trinajstić information content (AvgIpc) is 2.34. The average molecular weight is 234 g/mol. The van der Waals surface area contributed by atoms with E-state index in [-0.39, 0.29) is 0 Å². The first-order valence-electron chi connectivity index (χ1n) is 6.64. The minimum absolute atomic E-state index is 0.477. The molecule has 96 valence electrons. The Morgan fingerprint density at radius 3 is 2.29 bits per heavy atom. The highest BCUT2D eigenvalue weighted by Gasteiger charge is 2.15. The third-order valence-electron chi connectivity index (χ3n) is 3.08. The zero-order valence-corrected chi connectivity index (χ0v) is 11.4. The fourth-order valence-electron chi connectivity index (χ4n) is 2.15. The highest BCUT2D eigenvalue weighted by atomic mass is 15.1. The van der Waals surface area contributed by atoms with Crippen LogP contribution in [0.2, 0.25) is 0 Å². The molecule has 0 saturated heterocycles. The molecule has 0 aromatic heterocycles. The summed E-state index contributed by atoms with van der Waals surface area (Å²) in [6, 6.07) is 11.2. The molecular formula is C15H26N2. The molecule has 1 aromatic rings. The van der Waals surface area contributed by atoms with Gasteiger partial charge in [0, 0.05) is 12.6 Å². The van der Waals surface area contributed by atoms with Gasteiger partial charge in [0.1, 0.15) is 0 Å². The lowest BCUT2D eigenvalue weighted by molar-refractivity contribution is 0.186. The van der Waals surface area contributed by atoms with Crippen molar-refractivity contribution >= 4 is 0 Å². The van der Waals surface area contributed by atoms with E-state index in [1.807, 2.05) is 0 Å². The van der Waals surface area contributed by atoms with Gasteiger partial charge in [0.15, 0.2) is 0 Å². The van der Waals surface area contributed by atoms with E-state index < -0.39 is 0 Å². The zero-order chi connectivity index (χ0) is 12.7. The highest BCUT2D eigenvalue weighted by molar-refractivity contribution is 5.18. The Morgan fingerprint density at radius 1 is 1.12 bits per heavy atom. The Bertz CT molecular complexity index is 295. The Kier molecular flexibility index (Phi) is 6.23. The summed E-state index contributed by atoms with van der Waals surface area (Å²) in [6.45, 7) is 9.82. The molecule has 1 rings (SSSR count). The van der Waals surface area contributed by atoms with E-state index in [0.717, 1.165) is 26.1 Å². The van der Waals surface area contributed by atoms with Gasteiger partial charge in [-0.15, -0.1) is 0 Å². The van der Waals surface area contributed by atoms with Crippen LogP contribution >= 0.6 is 0 Å². The van der Waals surface area contributed by atoms with Crippen LogP contribution in [0.4, 0.5) is 0 Å².